The Labute approximate surface area is 177 Å². The van der Waals surface area contributed by atoms with Gasteiger partial charge in [-0.15, -0.1) is 0 Å². The molecule has 0 spiro atoms. The number of piperazine rings is 1. The Morgan fingerprint density at radius 3 is 2.50 bits per heavy atom. The van der Waals surface area contributed by atoms with Crippen LogP contribution in [0.1, 0.15) is 20.3 Å². The summed E-state index contributed by atoms with van der Waals surface area (Å²) < 4.78 is 1.54. The summed E-state index contributed by atoms with van der Waals surface area (Å²) in [6.45, 7) is 9.94. The van der Waals surface area contributed by atoms with Crippen molar-refractivity contribution >= 4 is 5.91 Å². The zero-order valence-electron chi connectivity index (χ0n) is 17.8. The molecule has 2 fully saturated rings. The normalized spacial score (nSPS) is 21.0. The van der Waals surface area contributed by atoms with Crippen molar-refractivity contribution in [3.63, 3.8) is 0 Å². The topological polar surface area (TPSA) is 74.6 Å². The first kappa shape index (κ1) is 20.7. The molecule has 1 unspecified atom stereocenters. The molecule has 1 atom stereocenters. The Morgan fingerprint density at radius 1 is 1.03 bits per heavy atom. The molecule has 2 aliphatic rings. The van der Waals surface area contributed by atoms with Crippen LogP contribution in [0.5, 0.6) is 0 Å². The van der Waals surface area contributed by atoms with Crippen molar-refractivity contribution in [3.05, 3.63) is 47.0 Å². The Morgan fingerprint density at radius 2 is 1.83 bits per heavy atom. The van der Waals surface area contributed by atoms with E-state index in [1.54, 1.807) is 24.5 Å². The minimum atomic E-state index is -0.0911. The van der Waals surface area contributed by atoms with Crippen molar-refractivity contribution < 1.29 is 4.79 Å². The number of pyridine rings is 1. The minimum absolute atomic E-state index is 0.0370. The molecular weight excluding hydrogens is 380 g/mol. The molecule has 1 amide bonds. The summed E-state index contributed by atoms with van der Waals surface area (Å²) in [6, 6.07) is 7.43. The first-order valence-corrected chi connectivity index (χ1v) is 10.8. The number of rotatable bonds is 6. The third kappa shape index (κ3) is 4.44. The van der Waals surface area contributed by atoms with Crippen LogP contribution in [0.25, 0.3) is 11.3 Å². The fourth-order valence-corrected chi connectivity index (χ4v) is 4.35. The average Bonchev–Trinajstić information content (AvgIpc) is 3.16. The molecule has 2 aliphatic heterocycles. The number of nitrogens with zero attached hydrogens (tertiary/aromatic N) is 6. The van der Waals surface area contributed by atoms with E-state index in [0.29, 0.717) is 6.54 Å². The van der Waals surface area contributed by atoms with E-state index in [-0.39, 0.29) is 23.6 Å². The molecule has 0 aliphatic carbocycles. The summed E-state index contributed by atoms with van der Waals surface area (Å²) in [5.41, 5.74) is 1.56. The van der Waals surface area contributed by atoms with Crippen LogP contribution in [0.3, 0.4) is 0 Å². The molecule has 0 radical (unpaired) electrons. The second kappa shape index (κ2) is 9.06. The van der Waals surface area contributed by atoms with Crippen molar-refractivity contribution in [3.8, 4) is 11.3 Å². The molecule has 30 heavy (non-hydrogen) atoms. The van der Waals surface area contributed by atoms with Crippen LogP contribution in [0, 0.1) is 0 Å². The molecular formula is C22H30N6O2. The molecule has 2 saturated heterocycles. The predicted molar refractivity (Wildman–Crippen MR) is 115 cm³/mol. The predicted octanol–water partition coefficient (Wildman–Crippen LogP) is 0.932. The van der Waals surface area contributed by atoms with Crippen molar-refractivity contribution in [2.75, 3.05) is 39.3 Å². The van der Waals surface area contributed by atoms with E-state index in [0.717, 1.165) is 56.9 Å². The maximum absolute atomic E-state index is 12.6. The number of amides is 1. The molecule has 0 bridgehead atoms. The van der Waals surface area contributed by atoms with Crippen LogP contribution < -0.4 is 5.56 Å². The number of aromatic nitrogens is 3. The van der Waals surface area contributed by atoms with Gasteiger partial charge in [0.15, 0.2) is 0 Å². The van der Waals surface area contributed by atoms with Gasteiger partial charge in [-0.2, -0.15) is 5.10 Å². The minimum Gasteiger partial charge on any atom is -0.339 e. The van der Waals surface area contributed by atoms with Crippen LogP contribution in [0.15, 0.2) is 41.5 Å². The second-order valence-corrected chi connectivity index (χ2v) is 8.33. The monoisotopic (exact) mass is 410 g/mol. The number of hydrogen-bond acceptors (Lipinski definition) is 6. The fourth-order valence-electron chi connectivity index (χ4n) is 4.35. The van der Waals surface area contributed by atoms with Gasteiger partial charge in [-0.1, -0.05) is 0 Å². The van der Waals surface area contributed by atoms with Gasteiger partial charge in [0.1, 0.15) is 0 Å². The molecule has 0 saturated carbocycles. The zero-order chi connectivity index (χ0) is 21.1. The smallest absolute Gasteiger partial charge is 0.266 e. The van der Waals surface area contributed by atoms with Crippen molar-refractivity contribution in [1.82, 2.24) is 29.5 Å². The Bertz CT molecular complexity index is 921. The van der Waals surface area contributed by atoms with Crippen LogP contribution in [0.2, 0.25) is 0 Å². The SMILES string of the molecule is CC(C)N1CCC(N2CCN(CCn3nc(-c4cccnc4)ccc3=O)CC2)C1=O. The van der Waals surface area contributed by atoms with E-state index in [2.05, 4.69) is 33.7 Å². The summed E-state index contributed by atoms with van der Waals surface area (Å²) in [4.78, 5) is 35.7. The van der Waals surface area contributed by atoms with Gasteiger partial charge in [-0.3, -0.25) is 24.4 Å². The summed E-state index contributed by atoms with van der Waals surface area (Å²) in [6.07, 6.45) is 4.40. The van der Waals surface area contributed by atoms with E-state index < -0.39 is 0 Å². The lowest BCUT2D eigenvalue weighted by Crippen LogP contribution is -2.53. The van der Waals surface area contributed by atoms with Gasteiger partial charge >= 0.3 is 0 Å². The number of hydrogen-bond donors (Lipinski definition) is 0. The average molecular weight is 411 g/mol. The van der Waals surface area contributed by atoms with Gasteiger partial charge in [0, 0.05) is 69.3 Å². The first-order valence-electron chi connectivity index (χ1n) is 10.8. The van der Waals surface area contributed by atoms with E-state index >= 15 is 0 Å². The number of carbonyl (C=O) groups excluding carboxylic acids is 1. The van der Waals surface area contributed by atoms with Gasteiger partial charge in [0.2, 0.25) is 5.91 Å². The molecule has 160 valence electrons. The Hall–Kier alpha value is -2.58. The van der Waals surface area contributed by atoms with E-state index in [4.69, 9.17) is 0 Å². The van der Waals surface area contributed by atoms with Gasteiger partial charge in [-0.05, 0) is 38.5 Å². The summed E-state index contributed by atoms with van der Waals surface area (Å²) in [7, 11) is 0. The quantitative estimate of drug-likeness (QED) is 0.705. The Kier molecular flexibility index (Phi) is 6.24. The summed E-state index contributed by atoms with van der Waals surface area (Å²) >= 11 is 0. The molecule has 8 nitrogen and oxygen atoms in total. The van der Waals surface area contributed by atoms with Crippen LogP contribution in [0.4, 0.5) is 0 Å². The molecule has 8 heteroatoms. The van der Waals surface area contributed by atoms with Crippen molar-refractivity contribution in [2.24, 2.45) is 0 Å². The lowest BCUT2D eigenvalue weighted by atomic mass is 10.2. The van der Waals surface area contributed by atoms with E-state index in [1.165, 1.54) is 4.68 Å². The number of carbonyl (C=O) groups is 1. The third-order valence-electron chi connectivity index (χ3n) is 6.13. The van der Waals surface area contributed by atoms with Gasteiger partial charge in [0.25, 0.3) is 5.56 Å². The van der Waals surface area contributed by atoms with Gasteiger partial charge in [-0.25, -0.2) is 4.68 Å². The molecule has 2 aromatic heterocycles. The van der Waals surface area contributed by atoms with E-state index in [1.807, 2.05) is 17.0 Å². The lowest BCUT2D eigenvalue weighted by Gasteiger charge is -2.37. The van der Waals surface area contributed by atoms with Crippen LogP contribution in [-0.2, 0) is 11.3 Å². The standard InChI is InChI=1S/C22H30N6O2/c1-17(2)27-9-7-20(22(27)30)26-13-10-25(11-14-26)12-15-28-21(29)6-5-19(24-28)18-4-3-8-23-16-18/h3-6,8,16-17,20H,7,9-15H2,1-2H3. The molecule has 4 heterocycles. The first-order chi connectivity index (χ1) is 14.5. The maximum atomic E-state index is 12.6. The van der Waals surface area contributed by atoms with Crippen LogP contribution >= 0.6 is 0 Å². The summed E-state index contributed by atoms with van der Waals surface area (Å²) in [5, 5.41) is 4.52. The van der Waals surface area contributed by atoms with Crippen molar-refractivity contribution in [1.29, 1.82) is 0 Å². The highest BCUT2D eigenvalue weighted by atomic mass is 16.2. The van der Waals surface area contributed by atoms with Crippen LogP contribution in [-0.4, -0.2) is 86.7 Å². The zero-order valence-corrected chi connectivity index (χ0v) is 17.8. The summed E-state index contributed by atoms with van der Waals surface area (Å²) in [5.74, 6) is 0.279. The molecule has 0 N–H and O–H groups in total. The third-order valence-corrected chi connectivity index (χ3v) is 6.13. The maximum Gasteiger partial charge on any atom is 0.266 e. The Balaban J connectivity index is 1.31. The van der Waals surface area contributed by atoms with Gasteiger partial charge < -0.3 is 4.90 Å². The molecule has 4 rings (SSSR count). The highest BCUT2D eigenvalue weighted by Gasteiger charge is 2.37. The van der Waals surface area contributed by atoms with Crippen molar-refractivity contribution in [2.45, 2.75) is 38.9 Å². The largest absolute Gasteiger partial charge is 0.339 e. The molecule has 2 aromatic rings. The number of likely N-dealkylation sites (tertiary alicyclic amines) is 1. The van der Waals surface area contributed by atoms with E-state index in [9.17, 15) is 9.59 Å². The van der Waals surface area contributed by atoms with Gasteiger partial charge in [0.05, 0.1) is 18.3 Å². The molecule has 0 aromatic carbocycles. The fraction of sp³-hybridized carbons (Fsp3) is 0.545. The second-order valence-electron chi connectivity index (χ2n) is 8.33. The highest BCUT2D eigenvalue weighted by molar-refractivity contribution is 5.84. The lowest BCUT2D eigenvalue weighted by molar-refractivity contribution is -0.134. The highest BCUT2D eigenvalue weighted by Crippen LogP contribution is 2.21.